The highest BCUT2D eigenvalue weighted by atomic mass is 16.1. The highest BCUT2D eigenvalue weighted by molar-refractivity contribution is 5.76. The second-order valence-electron chi connectivity index (χ2n) is 4.38. The molecule has 0 radical (unpaired) electrons. The first kappa shape index (κ1) is 13.1. The van der Waals surface area contributed by atoms with Crippen molar-refractivity contribution >= 4 is 11.6 Å². The molecule has 1 heterocycles. The highest BCUT2D eigenvalue weighted by Crippen LogP contribution is 2.12. The van der Waals surface area contributed by atoms with Gasteiger partial charge in [-0.25, -0.2) is 4.98 Å². The van der Waals surface area contributed by atoms with Crippen molar-refractivity contribution in [3.05, 3.63) is 48.0 Å². The minimum absolute atomic E-state index is 0.0442. The van der Waals surface area contributed by atoms with Crippen LogP contribution in [0.1, 0.15) is 17.7 Å². The molecule has 0 fully saturated rings. The summed E-state index contributed by atoms with van der Waals surface area (Å²) in [7, 11) is 0. The maximum atomic E-state index is 11.7. The van der Waals surface area contributed by atoms with Crippen molar-refractivity contribution in [1.82, 2.24) is 15.3 Å². The number of amides is 1. The minimum Gasteiger partial charge on any atom is -0.399 e. The van der Waals surface area contributed by atoms with E-state index in [4.69, 9.17) is 5.73 Å². The van der Waals surface area contributed by atoms with Gasteiger partial charge in [0.05, 0.1) is 6.33 Å². The van der Waals surface area contributed by atoms with Gasteiger partial charge in [0.25, 0.3) is 0 Å². The standard InChI is InChI=1S/C14H18N4O/c15-13-4-2-1-3-11(13)5-6-14(19)17-8-7-12-9-16-10-18-12/h1-4,9-10H,5-8,15H2,(H,16,18)(H,17,19). The van der Waals surface area contributed by atoms with E-state index in [0.29, 0.717) is 19.4 Å². The lowest BCUT2D eigenvalue weighted by Crippen LogP contribution is -2.26. The van der Waals surface area contributed by atoms with Gasteiger partial charge in [0, 0.05) is 37.0 Å². The van der Waals surface area contributed by atoms with E-state index in [-0.39, 0.29) is 5.91 Å². The summed E-state index contributed by atoms with van der Waals surface area (Å²) >= 11 is 0. The fourth-order valence-corrected chi connectivity index (χ4v) is 1.86. The van der Waals surface area contributed by atoms with E-state index >= 15 is 0 Å². The van der Waals surface area contributed by atoms with Gasteiger partial charge < -0.3 is 16.0 Å². The molecule has 4 N–H and O–H groups in total. The maximum absolute atomic E-state index is 11.7. The van der Waals surface area contributed by atoms with E-state index in [1.807, 2.05) is 24.3 Å². The fraction of sp³-hybridized carbons (Fsp3) is 0.286. The molecule has 0 unspecified atom stereocenters. The number of aromatic nitrogens is 2. The number of hydrogen-bond acceptors (Lipinski definition) is 3. The molecule has 0 bridgehead atoms. The molecule has 1 aromatic carbocycles. The molecule has 1 amide bonds. The number of imidazole rings is 1. The van der Waals surface area contributed by atoms with Crippen molar-refractivity contribution in [3.8, 4) is 0 Å². The number of nitrogens with one attached hydrogen (secondary N) is 2. The van der Waals surface area contributed by atoms with Gasteiger partial charge in [0.2, 0.25) is 5.91 Å². The Morgan fingerprint density at radius 3 is 2.89 bits per heavy atom. The lowest BCUT2D eigenvalue weighted by Gasteiger charge is -2.06. The largest absolute Gasteiger partial charge is 0.399 e. The van der Waals surface area contributed by atoms with Crippen LogP contribution in [0, 0.1) is 0 Å². The van der Waals surface area contributed by atoms with Gasteiger partial charge in [0.15, 0.2) is 0 Å². The molecule has 5 heteroatoms. The third-order valence-electron chi connectivity index (χ3n) is 2.95. The lowest BCUT2D eigenvalue weighted by molar-refractivity contribution is -0.121. The number of nitrogens with zero attached hydrogens (tertiary/aromatic N) is 1. The van der Waals surface area contributed by atoms with Crippen molar-refractivity contribution in [2.24, 2.45) is 0 Å². The number of para-hydroxylation sites is 1. The second-order valence-corrected chi connectivity index (χ2v) is 4.38. The Hall–Kier alpha value is -2.30. The van der Waals surface area contributed by atoms with Crippen molar-refractivity contribution in [1.29, 1.82) is 0 Å². The summed E-state index contributed by atoms with van der Waals surface area (Å²) in [5.74, 6) is 0.0442. The van der Waals surface area contributed by atoms with Crippen LogP contribution in [0.15, 0.2) is 36.8 Å². The Balaban J connectivity index is 1.69. The van der Waals surface area contributed by atoms with Crippen LogP contribution in [0.25, 0.3) is 0 Å². The minimum atomic E-state index is 0.0442. The Bertz CT molecular complexity index is 522. The van der Waals surface area contributed by atoms with Gasteiger partial charge in [-0.2, -0.15) is 0 Å². The van der Waals surface area contributed by atoms with Gasteiger partial charge >= 0.3 is 0 Å². The average molecular weight is 258 g/mol. The number of rotatable bonds is 6. The summed E-state index contributed by atoms with van der Waals surface area (Å²) in [6.45, 7) is 0.616. The Morgan fingerprint density at radius 2 is 2.16 bits per heavy atom. The van der Waals surface area contributed by atoms with Gasteiger partial charge in [-0.3, -0.25) is 4.79 Å². The Kier molecular flexibility index (Phi) is 4.55. The van der Waals surface area contributed by atoms with Crippen LogP contribution >= 0.6 is 0 Å². The SMILES string of the molecule is Nc1ccccc1CCC(=O)NCCc1cnc[nH]1. The van der Waals surface area contributed by atoms with Crippen molar-refractivity contribution in [2.75, 3.05) is 12.3 Å². The zero-order valence-electron chi connectivity index (χ0n) is 10.7. The monoisotopic (exact) mass is 258 g/mol. The predicted molar refractivity (Wildman–Crippen MR) is 74.5 cm³/mol. The molecule has 0 saturated carbocycles. The number of nitrogen functional groups attached to an aromatic ring is 1. The van der Waals surface area contributed by atoms with Crippen molar-refractivity contribution in [3.63, 3.8) is 0 Å². The molecule has 0 aliphatic carbocycles. The summed E-state index contributed by atoms with van der Waals surface area (Å²) in [6.07, 6.45) is 5.28. The zero-order chi connectivity index (χ0) is 13.5. The molecule has 0 aliphatic rings. The maximum Gasteiger partial charge on any atom is 0.220 e. The van der Waals surface area contributed by atoms with Crippen LogP contribution in [0.3, 0.4) is 0 Å². The topological polar surface area (TPSA) is 83.8 Å². The molecule has 2 aromatic rings. The number of carbonyl (C=O) groups excluding carboxylic acids is 1. The quantitative estimate of drug-likeness (QED) is 0.682. The van der Waals surface area contributed by atoms with Crippen LogP contribution < -0.4 is 11.1 Å². The summed E-state index contributed by atoms with van der Waals surface area (Å²) in [4.78, 5) is 18.6. The number of aryl methyl sites for hydroxylation is 1. The summed E-state index contributed by atoms with van der Waals surface area (Å²) in [6, 6.07) is 7.63. The van der Waals surface area contributed by atoms with Gasteiger partial charge in [-0.05, 0) is 18.1 Å². The number of H-pyrrole nitrogens is 1. The third-order valence-corrected chi connectivity index (χ3v) is 2.95. The molecule has 100 valence electrons. The van der Waals surface area contributed by atoms with E-state index < -0.39 is 0 Å². The van der Waals surface area contributed by atoms with Gasteiger partial charge in [0.1, 0.15) is 0 Å². The van der Waals surface area contributed by atoms with Crippen LogP contribution in [0.5, 0.6) is 0 Å². The molecule has 0 atom stereocenters. The molecule has 19 heavy (non-hydrogen) atoms. The first-order valence-corrected chi connectivity index (χ1v) is 6.33. The van der Waals surface area contributed by atoms with Crippen LogP contribution in [0.2, 0.25) is 0 Å². The second kappa shape index (κ2) is 6.58. The molecule has 2 rings (SSSR count). The molecular weight excluding hydrogens is 240 g/mol. The number of aromatic amines is 1. The first-order valence-electron chi connectivity index (χ1n) is 6.33. The van der Waals surface area contributed by atoms with Gasteiger partial charge in [-0.1, -0.05) is 18.2 Å². The molecule has 0 spiro atoms. The molecule has 5 nitrogen and oxygen atoms in total. The van der Waals surface area contributed by atoms with E-state index in [2.05, 4.69) is 15.3 Å². The van der Waals surface area contributed by atoms with Gasteiger partial charge in [-0.15, -0.1) is 0 Å². The number of hydrogen-bond donors (Lipinski definition) is 3. The van der Waals surface area contributed by atoms with E-state index in [0.717, 1.165) is 23.4 Å². The third kappa shape index (κ3) is 4.13. The smallest absolute Gasteiger partial charge is 0.220 e. The predicted octanol–water partition coefficient (Wildman–Crippen LogP) is 1.28. The number of anilines is 1. The van der Waals surface area contributed by atoms with Crippen LogP contribution in [-0.4, -0.2) is 22.4 Å². The number of carbonyl (C=O) groups is 1. The Labute approximate surface area is 112 Å². The van der Waals surface area contributed by atoms with E-state index in [1.54, 1.807) is 12.5 Å². The fourth-order valence-electron chi connectivity index (χ4n) is 1.86. The number of benzene rings is 1. The normalized spacial score (nSPS) is 10.3. The van der Waals surface area contributed by atoms with Crippen LogP contribution in [0.4, 0.5) is 5.69 Å². The number of nitrogens with two attached hydrogens (primary N) is 1. The average Bonchev–Trinajstić information content (AvgIpc) is 2.91. The van der Waals surface area contributed by atoms with Crippen molar-refractivity contribution in [2.45, 2.75) is 19.3 Å². The summed E-state index contributed by atoms with van der Waals surface area (Å²) in [5.41, 5.74) is 8.61. The first-order chi connectivity index (χ1) is 9.25. The van der Waals surface area contributed by atoms with E-state index in [1.165, 1.54) is 0 Å². The van der Waals surface area contributed by atoms with Crippen LogP contribution in [-0.2, 0) is 17.6 Å². The Morgan fingerprint density at radius 1 is 1.32 bits per heavy atom. The molecular formula is C14H18N4O. The summed E-state index contributed by atoms with van der Waals surface area (Å²) < 4.78 is 0. The highest BCUT2D eigenvalue weighted by Gasteiger charge is 2.04. The zero-order valence-corrected chi connectivity index (χ0v) is 10.7. The lowest BCUT2D eigenvalue weighted by atomic mass is 10.1. The summed E-state index contributed by atoms with van der Waals surface area (Å²) in [5, 5.41) is 2.88. The molecule has 1 aromatic heterocycles. The van der Waals surface area contributed by atoms with E-state index in [9.17, 15) is 4.79 Å². The van der Waals surface area contributed by atoms with Crippen molar-refractivity contribution < 1.29 is 4.79 Å². The molecule has 0 aliphatic heterocycles. The molecule has 0 saturated heterocycles.